The van der Waals surface area contributed by atoms with Crippen molar-refractivity contribution in [2.24, 2.45) is 0 Å². The Balaban J connectivity index is 1.76. The minimum Gasteiger partial charge on any atom is -0.379 e. The van der Waals surface area contributed by atoms with Crippen LogP contribution in [0.1, 0.15) is 39.9 Å². The molecule has 0 spiro atoms. The van der Waals surface area contributed by atoms with Crippen molar-refractivity contribution in [2.75, 3.05) is 5.32 Å². The van der Waals surface area contributed by atoms with Crippen LogP contribution in [0, 0.1) is 19.7 Å². The fourth-order valence-electron chi connectivity index (χ4n) is 2.76. The van der Waals surface area contributed by atoms with Gasteiger partial charge in [0.2, 0.25) is 10.0 Å². The van der Waals surface area contributed by atoms with E-state index in [0.717, 1.165) is 22.8 Å². The van der Waals surface area contributed by atoms with Crippen LogP contribution in [0.4, 0.5) is 10.1 Å². The van der Waals surface area contributed by atoms with Gasteiger partial charge in [0, 0.05) is 12.1 Å². The molecule has 1 aliphatic carbocycles. The average Bonchev–Trinajstić information content (AvgIpc) is 3.41. The van der Waals surface area contributed by atoms with Gasteiger partial charge in [-0.1, -0.05) is 18.2 Å². The standard InChI is InChI=1S/C19H21FN2O3S/c1-12-4-3-5-13(2)16(12)11-21-18-10-14(6-9-17(18)20)19(23)22-26(24,25)15-7-8-15/h3-6,9-10,15,21H,7-8,11H2,1-2H3,(H,22,23). The third-order valence-corrected chi connectivity index (χ3v) is 6.35. The van der Waals surface area contributed by atoms with Crippen LogP contribution in [-0.2, 0) is 16.6 Å². The molecule has 138 valence electrons. The molecule has 1 saturated carbocycles. The predicted octanol–water partition coefficient (Wildman–Crippen LogP) is 3.28. The molecule has 0 unspecified atom stereocenters. The van der Waals surface area contributed by atoms with Gasteiger partial charge >= 0.3 is 0 Å². The Morgan fingerprint density at radius 1 is 1.15 bits per heavy atom. The monoisotopic (exact) mass is 376 g/mol. The van der Waals surface area contributed by atoms with E-state index in [1.165, 1.54) is 12.1 Å². The minimum absolute atomic E-state index is 0.0969. The molecule has 0 atom stereocenters. The Kier molecular flexibility index (Phi) is 5.00. The highest BCUT2D eigenvalue weighted by Crippen LogP contribution is 2.27. The Morgan fingerprint density at radius 2 is 1.81 bits per heavy atom. The zero-order valence-electron chi connectivity index (χ0n) is 14.7. The summed E-state index contributed by atoms with van der Waals surface area (Å²) in [6, 6.07) is 9.68. The van der Waals surface area contributed by atoms with Crippen LogP contribution in [0.5, 0.6) is 0 Å². The summed E-state index contributed by atoms with van der Waals surface area (Å²) in [6.07, 6.45) is 1.13. The number of sulfonamides is 1. The molecule has 7 heteroatoms. The molecule has 0 saturated heterocycles. The summed E-state index contributed by atoms with van der Waals surface area (Å²) in [5, 5.41) is 2.51. The van der Waals surface area contributed by atoms with E-state index in [1.807, 2.05) is 32.0 Å². The van der Waals surface area contributed by atoms with Crippen LogP contribution in [0.15, 0.2) is 36.4 Å². The molecule has 0 aliphatic heterocycles. The Morgan fingerprint density at radius 3 is 2.42 bits per heavy atom. The summed E-state index contributed by atoms with van der Waals surface area (Å²) < 4.78 is 39.9. The predicted molar refractivity (Wildman–Crippen MR) is 99.1 cm³/mol. The van der Waals surface area contributed by atoms with Crippen molar-refractivity contribution in [3.05, 3.63) is 64.5 Å². The molecule has 5 nitrogen and oxygen atoms in total. The molecule has 1 amide bonds. The van der Waals surface area contributed by atoms with Gasteiger partial charge in [-0.05, 0) is 61.6 Å². The quantitative estimate of drug-likeness (QED) is 0.811. The van der Waals surface area contributed by atoms with Crippen LogP contribution in [0.3, 0.4) is 0 Å². The van der Waals surface area contributed by atoms with Gasteiger partial charge in [-0.25, -0.2) is 17.5 Å². The lowest BCUT2D eigenvalue weighted by Crippen LogP contribution is -2.33. The number of anilines is 1. The number of nitrogens with one attached hydrogen (secondary N) is 2. The van der Waals surface area contributed by atoms with E-state index in [4.69, 9.17) is 0 Å². The van der Waals surface area contributed by atoms with E-state index in [-0.39, 0.29) is 11.3 Å². The lowest BCUT2D eigenvalue weighted by atomic mass is 10.0. The number of hydrogen-bond acceptors (Lipinski definition) is 4. The number of benzene rings is 2. The normalized spacial score (nSPS) is 14.1. The number of aryl methyl sites for hydroxylation is 2. The van der Waals surface area contributed by atoms with Gasteiger partial charge < -0.3 is 5.32 Å². The van der Waals surface area contributed by atoms with Crippen molar-refractivity contribution in [1.29, 1.82) is 0 Å². The van der Waals surface area contributed by atoms with E-state index in [9.17, 15) is 17.6 Å². The molecule has 0 heterocycles. The van der Waals surface area contributed by atoms with E-state index < -0.39 is 27.0 Å². The Labute approximate surface area is 152 Å². The highest BCUT2D eigenvalue weighted by molar-refractivity contribution is 7.91. The fraction of sp³-hybridized carbons (Fsp3) is 0.316. The summed E-state index contributed by atoms with van der Waals surface area (Å²) in [4.78, 5) is 12.2. The smallest absolute Gasteiger partial charge is 0.264 e. The largest absolute Gasteiger partial charge is 0.379 e. The van der Waals surface area contributed by atoms with Crippen LogP contribution >= 0.6 is 0 Å². The van der Waals surface area contributed by atoms with Gasteiger partial charge in [0.25, 0.3) is 5.91 Å². The molecule has 0 aromatic heterocycles. The Bertz CT molecular complexity index is 933. The van der Waals surface area contributed by atoms with Gasteiger partial charge in [-0.2, -0.15) is 0 Å². The highest BCUT2D eigenvalue weighted by atomic mass is 32.2. The van der Waals surface area contributed by atoms with Crippen molar-refractivity contribution >= 4 is 21.6 Å². The first kappa shape index (κ1) is 18.4. The summed E-state index contributed by atoms with van der Waals surface area (Å²) >= 11 is 0. The topological polar surface area (TPSA) is 75.3 Å². The number of halogens is 1. The summed E-state index contributed by atoms with van der Waals surface area (Å²) in [7, 11) is -3.64. The first-order chi connectivity index (χ1) is 12.3. The third kappa shape index (κ3) is 4.04. The molecule has 2 aromatic rings. The maximum atomic E-state index is 14.1. The molecular weight excluding hydrogens is 355 g/mol. The van der Waals surface area contributed by atoms with E-state index >= 15 is 0 Å². The van der Waals surface area contributed by atoms with E-state index in [0.29, 0.717) is 19.4 Å². The molecule has 0 bridgehead atoms. The van der Waals surface area contributed by atoms with E-state index in [2.05, 4.69) is 10.0 Å². The SMILES string of the molecule is Cc1cccc(C)c1CNc1cc(C(=O)NS(=O)(=O)C2CC2)ccc1F. The third-order valence-electron chi connectivity index (χ3n) is 4.53. The summed E-state index contributed by atoms with van der Waals surface area (Å²) in [6.45, 7) is 4.36. The zero-order chi connectivity index (χ0) is 18.9. The highest BCUT2D eigenvalue weighted by Gasteiger charge is 2.37. The second kappa shape index (κ2) is 7.07. The van der Waals surface area contributed by atoms with Crippen molar-refractivity contribution in [2.45, 2.75) is 38.5 Å². The van der Waals surface area contributed by atoms with Crippen molar-refractivity contribution in [3.63, 3.8) is 0 Å². The fourth-order valence-corrected chi connectivity index (χ4v) is 4.06. The van der Waals surface area contributed by atoms with Crippen molar-refractivity contribution in [1.82, 2.24) is 4.72 Å². The second-order valence-corrected chi connectivity index (χ2v) is 8.55. The van der Waals surface area contributed by atoms with Gasteiger partial charge in [0.05, 0.1) is 10.9 Å². The maximum absolute atomic E-state index is 14.1. The second-order valence-electron chi connectivity index (χ2n) is 6.59. The van der Waals surface area contributed by atoms with Crippen LogP contribution < -0.4 is 10.0 Å². The van der Waals surface area contributed by atoms with Crippen molar-refractivity contribution in [3.8, 4) is 0 Å². The number of carbonyl (C=O) groups is 1. The zero-order valence-corrected chi connectivity index (χ0v) is 15.5. The van der Waals surface area contributed by atoms with Crippen LogP contribution in [-0.4, -0.2) is 19.6 Å². The number of hydrogen-bond donors (Lipinski definition) is 2. The molecular formula is C19H21FN2O3S. The van der Waals surface area contributed by atoms with Crippen molar-refractivity contribution < 1.29 is 17.6 Å². The number of rotatable bonds is 6. The molecule has 1 aliphatic rings. The maximum Gasteiger partial charge on any atom is 0.264 e. The Hall–Kier alpha value is -2.41. The molecule has 2 N–H and O–H groups in total. The molecule has 2 aromatic carbocycles. The van der Waals surface area contributed by atoms with Crippen LogP contribution in [0.2, 0.25) is 0 Å². The van der Waals surface area contributed by atoms with Gasteiger partial charge in [-0.15, -0.1) is 0 Å². The first-order valence-corrected chi connectivity index (χ1v) is 9.97. The van der Waals surface area contributed by atoms with Crippen LogP contribution in [0.25, 0.3) is 0 Å². The first-order valence-electron chi connectivity index (χ1n) is 8.42. The van der Waals surface area contributed by atoms with E-state index in [1.54, 1.807) is 0 Å². The summed E-state index contributed by atoms with van der Waals surface area (Å²) in [5.74, 6) is -1.25. The number of carbonyl (C=O) groups excluding carboxylic acids is 1. The average molecular weight is 376 g/mol. The molecule has 26 heavy (non-hydrogen) atoms. The summed E-state index contributed by atoms with van der Waals surface area (Å²) in [5.41, 5.74) is 3.48. The van der Waals surface area contributed by atoms with Gasteiger partial charge in [0.15, 0.2) is 0 Å². The van der Waals surface area contributed by atoms with Gasteiger partial charge in [-0.3, -0.25) is 4.79 Å². The molecule has 3 rings (SSSR count). The lowest BCUT2D eigenvalue weighted by Gasteiger charge is -2.13. The molecule has 1 fully saturated rings. The van der Waals surface area contributed by atoms with Gasteiger partial charge in [0.1, 0.15) is 5.82 Å². The number of amides is 1. The minimum atomic E-state index is -3.64. The molecule has 0 radical (unpaired) electrons. The lowest BCUT2D eigenvalue weighted by molar-refractivity contribution is 0.0981.